The zero-order valence-corrected chi connectivity index (χ0v) is 6.44. The van der Waals surface area contributed by atoms with Crippen molar-refractivity contribution in [3.05, 3.63) is 11.4 Å². The molecule has 0 aromatic carbocycles. The minimum Gasteiger partial charge on any atom is -0.401 e. The zero-order valence-electron chi connectivity index (χ0n) is 6.44. The van der Waals surface area contributed by atoms with Gasteiger partial charge in [-0.2, -0.15) is 0 Å². The summed E-state index contributed by atoms with van der Waals surface area (Å²) in [5, 5.41) is 0. The Kier molecular flexibility index (Phi) is 3.13. The molecule has 0 heterocycles. The van der Waals surface area contributed by atoms with Crippen LogP contribution in [0.3, 0.4) is 0 Å². The third-order valence-electron chi connectivity index (χ3n) is 1.37. The Hall–Kier alpha value is -0.660. The summed E-state index contributed by atoms with van der Waals surface area (Å²) in [6.07, 6.45) is 0.851. The standard InChI is InChI=1S/C7H16N2/c1-4-6(8)7(9)5(2)3/h5H,4,8-9H2,1-3H3/b7-6+. The van der Waals surface area contributed by atoms with E-state index in [1.807, 2.05) is 20.8 Å². The molecule has 0 fully saturated rings. The molecule has 2 nitrogen and oxygen atoms in total. The van der Waals surface area contributed by atoms with Crippen LogP contribution in [-0.2, 0) is 0 Å². The van der Waals surface area contributed by atoms with Gasteiger partial charge in [-0.15, -0.1) is 0 Å². The summed E-state index contributed by atoms with van der Waals surface area (Å²) in [6.45, 7) is 6.08. The molecule has 0 aliphatic rings. The molecular weight excluding hydrogens is 112 g/mol. The van der Waals surface area contributed by atoms with Crippen molar-refractivity contribution in [3.63, 3.8) is 0 Å². The summed E-state index contributed by atoms with van der Waals surface area (Å²) >= 11 is 0. The molecule has 0 radical (unpaired) electrons. The summed E-state index contributed by atoms with van der Waals surface area (Å²) in [6, 6.07) is 0. The zero-order chi connectivity index (χ0) is 7.44. The van der Waals surface area contributed by atoms with Crippen LogP contribution in [0.25, 0.3) is 0 Å². The Morgan fingerprint density at radius 3 is 1.89 bits per heavy atom. The van der Waals surface area contributed by atoms with E-state index in [-0.39, 0.29) is 0 Å². The molecule has 0 bridgehead atoms. The Morgan fingerprint density at radius 2 is 1.78 bits per heavy atom. The lowest BCUT2D eigenvalue weighted by Gasteiger charge is -2.07. The second kappa shape index (κ2) is 3.38. The highest BCUT2D eigenvalue weighted by molar-refractivity contribution is 5.08. The van der Waals surface area contributed by atoms with Crippen molar-refractivity contribution in [2.24, 2.45) is 17.4 Å². The minimum absolute atomic E-state index is 0.380. The van der Waals surface area contributed by atoms with E-state index in [1.54, 1.807) is 0 Å². The van der Waals surface area contributed by atoms with E-state index in [1.165, 1.54) is 0 Å². The maximum atomic E-state index is 5.63. The predicted octanol–water partition coefficient (Wildman–Crippen LogP) is 1.18. The van der Waals surface area contributed by atoms with Crippen molar-refractivity contribution < 1.29 is 0 Å². The minimum atomic E-state index is 0.380. The fraction of sp³-hybridized carbons (Fsp3) is 0.714. The van der Waals surface area contributed by atoms with Gasteiger partial charge in [0.1, 0.15) is 0 Å². The monoisotopic (exact) mass is 128 g/mol. The first-order valence-electron chi connectivity index (χ1n) is 3.33. The van der Waals surface area contributed by atoms with Gasteiger partial charge in [0.05, 0.1) is 0 Å². The van der Waals surface area contributed by atoms with Crippen molar-refractivity contribution in [2.45, 2.75) is 27.2 Å². The van der Waals surface area contributed by atoms with Gasteiger partial charge in [0.25, 0.3) is 0 Å². The highest BCUT2D eigenvalue weighted by atomic mass is 14.7. The lowest BCUT2D eigenvalue weighted by molar-refractivity contribution is 0.732. The summed E-state index contributed by atoms with van der Waals surface area (Å²) in [5.41, 5.74) is 12.9. The van der Waals surface area contributed by atoms with Gasteiger partial charge >= 0.3 is 0 Å². The maximum Gasteiger partial charge on any atom is 0.0297 e. The smallest absolute Gasteiger partial charge is 0.0297 e. The van der Waals surface area contributed by atoms with Gasteiger partial charge in [-0.05, 0) is 12.3 Å². The molecule has 0 aliphatic heterocycles. The lowest BCUT2D eigenvalue weighted by atomic mass is 10.1. The Bertz CT molecular complexity index is 114. The average molecular weight is 128 g/mol. The molecule has 54 valence electrons. The van der Waals surface area contributed by atoms with Gasteiger partial charge in [-0.3, -0.25) is 0 Å². The number of allylic oxidation sites excluding steroid dienone is 2. The Balaban J connectivity index is 4.10. The molecule has 0 saturated carbocycles. The fourth-order valence-corrected chi connectivity index (χ4v) is 0.575. The van der Waals surface area contributed by atoms with Gasteiger partial charge in [-0.1, -0.05) is 20.8 Å². The van der Waals surface area contributed by atoms with Crippen LogP contribution in [0.4, 0.5) is 0 Å². The third-order valence-corrected chi connectivity index (χ3v) is 1.37. The van der Waals surface area contributed by atoms with Crippen LogP contribution in [0.15, 0.2) is 11.4 Å². The van der Waals surface area contributed by atoms with Crippen LogP contribution in [0.2, 0.25) is 0 Å². The molecule has 0 saturated heterocycles. The maximum absolute atomic E-state index is 5.63. The first kappa shape index (κ1) is 8.34. The van der Waals surface area contributed by atoms with Crippen LogP contribution in [0.5, 0.6) is 0 Å². The lowest BCUT2D eigenvalue weighted by Crippen LogP contribution is -2.13. The molecule has 0 amide bonds. The van der Waals surface area contributed by atoms with E-state index in [0.717, 1.165) is 17.8 Å². The predicted molar refractivity (Wildman–Crippen MR) is 40.5 cm³/mol. The molecule has 0 aromatic rings. The van der Waals surface area contributed by atoms with E-state index in [2.05, 4.69) is 0 Å². The topological polar surface area (TPSA) is 52.0 Å². The van der Waals surface area contributed by atoms with Crippen molar-refractivity contribution in [1.29, 1.82) is 0 Å². The van der Waals surface area contributed by atoms with Crippen molar-refractivity contribution in [3.8, 4) is 0 Å². The molecule has 0 aromatic heterocycles. The van der Waals surface area contributed by atoms with E-state index >= 15 is 0 Å². The van der Waals surface area contributed by atoms with Crippen LogP contribution in [0, 0.1) is 5.92 Å². The van der Waals surface area contributed by atoms with Crippen LogP contribution in [-0.4, -0.2) is 0 Å². The van der Waals surface area contributed by atoms with Crippen molar-refractivity contribution in [1.82, 2.24) is 0 Å². The van der Waals surface area contributed by atoms with Gasteiger partial charge < -0.3 is 11.5 Å². The van der Waals surface area contributed by atoms with Crippen LogP contribution in [0.1, 0.15) is 27.2 Å². The number of hydrogen-bond donors (Lipinski definition) is 2. The Morgan fingerprint density at radius 1 is 1.33 bits per heavy atom. The quantitative estimate of drug-likeness (QED) is 0.586. The van der Waals surface area contributed by atoms with E-state index in [4.69, 9.17) is 11.5 Å². The molecule has 2 heteroatoms. The summed E-state index contributed by atoms with van der Waals surface area (Å²) in [5.74, 6) is 0.380. The van der Waals surface area contributed by atoms with Gasteiger partial charge in [-0.25, -0.2) is 0 Å². The molecule has 0 rings (SSSR count). The first-order valence-corrected chi connectivity index (χ1v) is 3.33. The molecule has 0 unspecified atom stereocenters. The number of hydrogen-bond acceptors (Lipinski definition) is 2. The molecule has 4 N–H and O–H groups in total. The highest BCUT2D eigenvalue weighted by Crippen LogP contribution is 2.06. The summed E-state index contributed by atoms with van der Waals surface area (Å²) in [4.78, 5) is 0. The molecule has 0 spiro atoms. The highest BCUT2D eigenvalue weighted by Gasteiger charge is 2.00. The van der Waals surface area contributed by atoms with Crippen LogP contribution >= 0.6 is 0 Å². The van der Waals surface area contributed by atoms with E-state index < -0.39 is 0 Å². The number of rotatable bonds is 2. The third kappa shape index (κ3) is 2.40. The second-order valence-corrected chi connectivity index (χ2v) is 2.49. The van der Waals surface area contributed by atoms with E-state index in [9.17, 15) is 0 Å². The van der Waals surface area contributed by atoms with Crippen molar-refractivity contribution >= 4 is 0 Å². The SMILES string of the molecule is CC/C(N)=C(\N)C(C)C. The fourth-order valence-electron chi connectivity index (χ4n) is 0.575. The average Bonchev–Trinajstić information content (AvgIpc) is 1.84. The van der Waals surface area contributed by atoms with Gasteiger partial charge in [0.15, 0.2) is 0 Å². The molecule has 9 heavy (non-hydrogen) atoms. The van der Waals surface area contributed by atoms with Crippen molar-refractivity contribution in [2.75, 3.05) is 0 Å². The molecule has 0 aliphatic carbocycles. The van der Waals surface area contributed by atoms with E-state index in [0.29, 0.717) is 5.92 Å². The molecule has 0 atom stereocenters. The van der Waals surface area contributed by atoms with Crippen LogP contribution < -0.4 is 11.5 Å². The first-order chi connectivity index (χ1) is 4.09. The molecular formula is C7H16N2. The largest absolute Gasteiger partial charge is 0.401 e. The Labute approximate surface area is 56.9 Å². The van der Waals surface area contributed by atoms with Gasteiger partial charge in [0, 0.05) is 11.4 Å². The normalized spacial score (nSPS) is 13.8. The second-order valence-electron chi connectivity index (χ2n) is 2.49. The van der Waals surface area contributed by atoms with Gasteiger partial charge in [0.2, 0.25) is 0 Å². The summed E-state index contributed by atoms with van der Waals surface area (Å²) < 4.78 is 0. The summed E-state index contributed by atoms with van der Waals surface area (Å²) in [7, 11) is 0. The number of nitrogens with two attached hydrogens (primary N) is 2.